The summed E-state index contributed by atoms with van der Waals surface area (Å²) >= 11 is 0. The summed E-state index contributed by atoms with van der Waals surface area (Å²) in [5, 5.41) is 3.27. The van der Waals surface area contributed by atoms with Gasteiger partial charge in [0, 0.05) is 23.2 Å². The fraction of sp³-hybridized carbons (Fsp3) is 0.385. The maximum absolute atomic E-state index is 13.7. The van der Waals surface area contributed by atoms with Crippen molar-refractivity contribution in [2.24, 2.45) is 5.41 Å². The predicted octanol–water partition coefficient (Wildman–Crippen LogP) is 3.10. The number of benzene rings is 1. The summed E-state index contributed by atoms with van der Waals surface area (Å²) in [6, 6.07) is 5.19. The highest BCUT2D eigenvalue weighted by Crippen LogP contribution is 2.31. The lowest BCUT2D eigenvalue weighted by molar-refractivity contribution is 0.497. The molecule has 0 fully saturated rings. The summed E-state index contributed by atoms with van der Waals surface area (Å²) in [6.07, 6.45) is 2.11. The van der Waals surface area contributed by atoms with E-state index in [1.165, 1.54) is 6.07 Å². The van der Waals surface area contributed by atoms with Gasteiger partial charge in [0.2, 0.25) is 0 Å². The average Bonchev–Trinajstić information content (AvgIpc) is 2.46. The zero-order valence-electron chi connectivity index (χ0n) is 9.39. The molecule has 1 aromatic carbocycles. The largest absolute Gasteiger partial charge is 0.384 e. The lowest BCUT2D eigenvalue weighted by Crippen LogP contribution is -2.17. The molecular weight excluding hydrogens is 189 g/mol. The van der Waals surface area contributed by atoms with E-state index in [0.717, 1.165) is 17.8 Å². The fourth-order valence-corrected chi connectivity index (χ4v) is 1.95. The molecule has 15 heavy (non-hydrogen) atoms. The predicted molar refractivity (Wildman–Crippen MR) is 60.9 cm³/mol. The zero-order chi connectivity index (χ0) is 11.1. The summed E-state index contributed by atoms with van der Waals surface area (Å²) in [5.74, 6) is -0.147. The monoisotopic (exact) mass is 205 g/mol. The zero-order valence-corrected chi connectivity index (χ0v) is 9.39. The molecule has 1 aliphatic rings. The van der Waals surface area contributed by atoms with Gasteiger partial charge in [0.05, 0.1) is 0 Å². The van der Waals surface area contributed by atoms with Gasteiger partial charge in [-0.1, -0.05) is 32.1 Å². The third-order valence-corrected chi connectivity index (χ3v) is 2.76. The van der Waals surface area contributed by atoms with Gasteiger partial charge in [-0.3, -0.25) is 0 Å². The molecule has 1 N–H and O–H groups in total. The van der Waals surface area contributed by atoms with Crippen molar-refractivity contribution in [1.29, 1.82) is 0 Å². The Morgan fingerprint density at radius 1 is 1.33 bits per heavy atom. The molecule has 0 atom stereocenters. The molecular formula is C13H16FN. The molecule has 2 heteroatoms. The van der Waals surface area contributed by atoms with Crippen LogP contribution in [0.3, 0.4) is 0 Å². The van der Waals surface area contributed by atoms with E-state index in [1.54, 1.807) is 6.07 Å². The Kier molecular flexibility index (Phi) is 2.29. The van der Waals surface area contributed by atoms with Gasteiger partial charge >= 0.3 is 0 Å². The second kappa shape index (κ2) is 3.37. The molecule has 0 aliphatic carbocycles. The van der Waals surface area contributed by atoms with Crippen molar-refractivity contribution in [3.05, 3.63) is 41.2 Å². The quantitative estimate of drug-likeness (QED) is 0.742. The van der Waals surface area contributed by atoms with E-state index in [2.05, 4.69) is 25.2 Å². The van der Waals surface area contributed by atoms with Crippen LogP contribution >= 0.6 is 0 Å². The van der Waals surface area contributed by atoms with Crippen molar-refractivity contribution in [3.63, 3.8) is 0 Å². The minimum Gasteiger partial charge on any atom is -0.384 e. The van der Waals surface area contributed by atoms with Gasteiger partial charge in [0.15, 0.2) is 0 Å². The Bertz CT molecular complexity index is 398. The fourth-order valence-electron chi connectivity index (χ4n) is 1.95. The highest BCUT2D eigenvalue weighted by molar-refractivity contribution is 5.69. The molecule has 1 heterocycles. The van der Waals surface area contributed by atoms with Crippen molar-refractivity contribution in [1.82, 2.24) is 5.32 Å². The smallest absolute Gasteiger partial charge is 0.132 e. The Hall–Kier alpha value is -1.31. The normalized spacial score (nSPS) is 18.5. The topological polar surface area (TPSA) is 12.0 Å². The summed E-state index contributed by atoms with van der Waals surface area (Å²) < 4.78 is 13.7. The maximum atomic E-state index is 13.7. The Morgan fingerprint density at radius 3 is 2.60 bits per heavy atom. The van der Waals surface area contributed by atoms with Crippen molar-refractivity contribution in [2.75, 3.05) is 6.54 Å². The molecule has 1 aliphatic heterocycles. The highest BCUT2D eigenvalue weighted by Gasteiger charge is 2.25. The summed E-state index contributed by atoms with van der Waals surface area (Å²) in [5.41, 5.74) is 2.73. The second-order valence-electron chi connectivity index (χ2n) is 4.83. The van der Waals surface area contributed by atoms with Crippen LogP contribution in [-0.4, -0.2) is 6.54 Å². The standard InChI is InChI=1S/C13H16FN/c1-9-5-4-6-10(14)12(9)11-7-13(2,3)8-15-11/h4-7,15H,8H2,1-3H3. The van der Waals surface area contributed by atoms with Crippen LogP contribution in [0.2, 0.25) is 0 Å². The third-order valence-electron chi connectivity index (χ3n) is 2.76. The van der Waals surface area contributed by atoms with Crippen LogP contribution in [-0.2, 0) is 0 Å². The number of halogens is 1. The molecule has 0 unspecified atom stereocenters. The van der Waals surface area contributed by atoms with Crippen LogP contribution in [0.4, 0.5) is 4.39 Å². The van der Waals surface area contributed by atoms with E-state index in [-0.39, 0.29) is 11.2 Å². The molecule has 1 aromatic rings. The van der Waals surface area contributed by atoms with E-state index >= 15 is 0 Å². The molecule has 0 saturated heterocycles. The number of hydrogen-bond donors (Lipinski definition) is 1. The van der Waals surface area contributed by atoms with Crippen LogP contribution in [0.15, 0.2) is 24.3 Å². The molecule has 2 rings (SSSR count). The first-order valence-electron chi connectivity index (χ1n) is 5.22. The number of hydrogen-bond acceptors (Lipinski definition) is 1. The summed E-state index contributed by atoms with van der Waals surface area (Å²) in [4.78, 5) is 0. The lowest BCUT2D eigenvalue weighted by atomic mass is 9.94. The van der Waals surface area contributed by atoms with Gasteiger partial charge in [-0.05, 0) is 18.6 Å². The van der Waals surface area contributed by atoms with Crippen LogP contribution in [0.5, 0.6) is 0 Å². The average molecular weight is 205 g/mol. The molecule has 0 saturated carbocycles. The molecule has 80 valence electrons. The third kappa shape index (κ3) is 1.89. The van der Waals surface area contributed by atoms with Crippen LogP contribution in [0.1, 0.15) is 25.0 Å². The Morgan fingerprint density at radius 2 is 2.07 bits per heavy atom. The van der Waals surface area contributed by atoms with Crippen molar-refractivity contribution in [2.45, 2.75) is 20.8 Å². The minimum atomic E-state index is -0.147. The Labute approximate surface area is 90.0 Å². The second-order valence-corrected chi connectivity index (χ2v) is 4.83. The van der Waals surface area contributed by atoms with Crippen LogP contribution < -0.4 is 5.32 Å². The van der Waals surface area contributed by atoms with Gasteiger partial charge in [-0.2, -0.15) is 0 Å². The molecule has 1 nitrogen and oxygen atoms in total. The number of nitrogens with one attached hydrogen (secondary N) is 1. The molecule has 0 aromatic heterocycles. The van der Waals surface area contributed by atoms with Gasteiger partial charge in [0.1, 0.15) is 5.82 Å². The SMILES string of the molecule is Cc1cccc(F)c1C1=CC(C)(C)CN1. The first kappa shape index (κ1) is 10.2. The Balaban J connectivity index is 2.48. The van der Waals surface area contributed by atoms with Crippen LogP contribution in [0.25, 0.3) is 5.70 Å². The first-order chi connectivity index (χ1) is 6.99. The minimum absolute atomic E-state index is 0.115. The van der Waals surface area contributed by atoms with Crippen molar-refractivity contribution < 1.29 is 4.39 Å². The molecule has 0 radical (unpaired) electrons. The first-order valence-corrected chi connectivity index (χ1v) is 5.22. The van der Waals surface area contributed by atoms with Crippen molar-refractivity contribution in [3.8, 4) is 0 Å². The summed E-state index contributed by atoms with van der Waals surface area (Å²) in [6.45, 7) is 7.09. The van der Waals surface area contributed by atoms with E-state index in [9.17, 15) is 4.39 Å². The molecule has 0 spiro atoms. The molecule has 0 amide bonds. The van der Waals surface area contributed by atoms with Gasteiger partial charge in [-0.25, -0.2) is 4.39 Å². The van der Waals surface area contributed by atoms with E-state index in [1.807, 2.05) is 13.0 Å². The molecule has 0 bridgehead atoms. The van der Waals surface area contributed by atoms with Crippen LogP contribution in [0, 0.1) is 18.2 Å². The van der Waals surface area contributed by atoms with Gasteiger partial charge in [-0.15, -0.1) is 0 Å². The lowest BCUT2D eigenvalue weighted by Gasteiger charge is -2.11. The number of aryl methyl sites for hydroxylation is 1. The summed E-state index contributed by atoms with van der Waals surface area (Å²) in [7, 11) is 0. The maximum Gasteiger partial charge on any atom is 0.132 e. The van der Waals surface area contributed by atoms with E-state index in [4.69, 9.17) is 0 Å². The van der Waals surface area contributed by atoms with E-state index < -0.39 is 0 Å². The number of rotatable bonds is 1. The van der Waals surface area contributed by atoms with Gasteiger partial charge < -0.3 is 5.32 Å². The van der Waals surface area contributed by atoms with E-state index in [0.29, 0.717) is 5.56 Å². The highest BCUT2D eigenvalue weighted by atomic mass is 19.1. The van der Waals surface area contributed by atoms with Gasteiger partial charge in [0.25, 0.3) is 0 Å². The van der Waals surface area contributed by atoms with Crippen molar-refractivity contribution >= 4 is 5.70 Å².